The normalized spacial score (nSPS) is 43.6. The van der Waals surface area contributed by atoms with E-state index in [9.17, 15) is 5.11 Å². The van der Waals surface area contributed by atoms with Crippen molar-refractivity contribution in [3.05, 3.63) is 0 Å². The molecule has 0 unspecified atom stereocenters. The van der Waals surface area contributed by atoms with Crippen LogP contribution in [0.1, 0.15) is 80.1 Å². The molecule has 1 nitrogen and oxygen atoms in total. The monoisotopic (exact) mass is 240 g/mol. The molecule has 0 aromatic heterocycles. The van der Waals surface area contributed by atoms with Crippen molar-refractivity contribution in [1.29, 1.82) is 0 Å². The first-order valence-electron chi connectivity index (χ1n) is 7.37. The molecule has 0 aromatic carbocycles. The van der Waals surface area contributed by atoms with Gasteiger partial charge in [-0.3, -0.25) is 0 Å². The molecule has 1 saturated carbocycles. The standard InChI is InChI=1S/C16H32O/c1-7-15(5)11-12-16(6,17)14(3,4)10-8-9-13(15)2/h13,17H,7-12H2,1-6H3/t13-,15+,16+/m1/s1. The van der Waals surface area contributed by atoms with E-state index in [1.165, 1.54) is 19.3 Å². The molecule has 17 heavy (non-hydrogen) atoms. The molecule has 1 rings (SSSR count). The fourth-order valence-corrected chi connectivity index (χ4v) is 3.11. The molecular weight excluding hydrogens is 208 g/mol. The van der Waals surface area contributed by atoms with Gasteiger partial charge in [-0.15, -0.1) is 0 Å². The lowest BCUT2D eigenvalue weighted by atomic mass is 9.68. The van der Waals surface area contributed by atoms with Crippen LogP contribution in [-0.4, -0.2) is 10.7 Å². The Bertz CT molecular complexity index is 249. The van der Waals surface area contributed by atoms with E-state index in [0.717, 1.165) is 25.2 Å². The summed E-state index contributed by atoms with van der Waals surface area (Å²) in [5.74, 6) is 0.775. The fraction of sp³-hybridized carbons (Fsp3) is 1.00. The van der Waals surface area contributed by atoms with Crippen molar-refractivity contribution in [3.63, 3.8) is 0 Å². The summed E-state index contributed by atoms with van der Waals surface area (Å²) in [5, 5.41) is 10.7. The molecule has 1 N–H and O–H groups in total. The maximum atomic E-state index is 10.7. The van der Waals surface area contributed by atoms with Gasteiger partial charge in [0.1, 0.15) is 0 Å². The van der Waals surface area contributed by atoms with Gasteiger partial charge in [-0.2, -0.15) is 0 Å². The van der Waals surface area contributed by atoms with Crippen molar-refractivity contribution in [2.75, 3.05) is 0 Å². The first-order valence-corrected chi connectivity index (χ1v) is 7.37. The van der Waals surface area contributed by atoms with Crippen LogP contribution in [0.2, 0.25) is 0 Å². The summed E-state index contributed by atoms with van der Waals surface area (Å²) >= 11 is 0. The van der Waals surface area contributed by atoms with Gasteiger partial charge < -0.3 is 5.11 Å². The Hall–Kier alpha value is -0.0400. The largest absolute Gasteiger partial charge is 0.390 e. The van der Waals surface area contributed by atoms with Gasteiger partial charge in [0.15, 0.2) is 0 Å². The van der Waals surface area contributed by atoms with Crippen molar-refractivity contribution < 1.29 is 5.11 Å². The highest BCUT2D eigenvalue weighted by molar-refractivity contribution is 4.93. The predicted octanol–water partition coefficient (Wildman–Crippen LogP) is 4.78. The molecule has 1 heteroatoms. The lowest BCUT2D eigenvalue weighted by molar-refractivity contribution is -0.0680. The predicted molar refractivity (Wildman–Crippen MR) is 75.1 cm³/mol. The summed E-state index contributed by atoms with van der Waals surface area (Å²) in [4.78, 5) is 0. The second-order valence-corrected chi connectivity index (χ2v) is 7.46. The van der Waals surface area contributed by atoms with E-state index < -0.39 is 5.60 Å². The quantitative estimate of drug-likeness (QED) is 0.699. The summed E-state index contributed by atoms with van der Waals surface area (Å²) in [7, 11) is 0. The van der Waals surface area contributed by atoms with Gasteiger partial charge in [-0.25, -0.2) is 0 Å². The summed E-state index contributed by atoms with van der Waals surface area (Å²) < 4.78 is 0. The molecule has 0 spiro atoms. The van der Waals surface area contributed by atoms with Crippen molar-refractivity contribution in [2.24, 2.45) is 16.7 Å². The van der Waals surface area contributed by atoms with Gasteiger partial charge in [0.25, 0.3) is 0 Å². The first kappa shape index (κ1) is 15.0. The van der Waals surface area contributed by atoms with E-state index in [1.807, 2.05) is 6.92 Å². The molecule has 1 aliphatic carbocycles. The van der Waals surface area contributed by atoms with Crippen LogP contribution in [0.3, 0.4) is 0 Å². The summed E-state index contributed by atoms with van der Waals surface area (Å²) in [6.07, 6.45) is 7.02. The minimum Gasteiger partial charge on any atom is -0.390 e. The zero-order valence-corrected chi connectivity index (χ0v) is 12.8. The molecule has 1 aliphatic rings. The SMILES string of the molecule is CC[C@@]1(C)CC[C@](C)(O)C(C)(C)CCC[C@H]1C. The molecule has 0 saturated heterocycles. The molecule has 0 aliphatic heterocycles. The third kappa shape index (κ3) is 3.05. The minimum atomic E-state index is -0.520. The Kier molecular flexibility index (Phi) is 4.34. The van der Waals surface area contributed by atoms with Gasteiger partial charge in [0.05, 0.1) is 5.60 Å². The smallest absolute Gasteiger partial charge is 0.0670 e. The van der Waals surface area contributed by atoms with E-state index in [2.05, 4.69) is 34.6 Å². The summed E-state index contributed by atoms with van der Waals surface area (Å²) in [6.45, 7) is 13.6. The number of rotatable bonds is 1. The lowest BCUT2D eigenvalue weighted by Gasteiger charge is -2.42. The van der Waals surface area contributed by atoms with E-state index in [4.69, 9.17) is 0 Å². The second kappa shape index (κ2) is 4.91. The van der Waals surface area contributed by atoms with Crippen LogP contribution in [0.4, 0.5) is 0 Å². The minimum absolute atomic E-state index is 0.0473. The van der Waals surface area contributed by atoms with E-state index >= 15 is 0 Å². The fourth-order valence-electron chi connectivity index (χ4n) is 3.11. The zero-order valence-electron chi connectivity index (χ0n) is 12.8. The Labute approximate surface area is 108 Å². The number of hydrogen-bond acceptors (Lipinski definition) is 1. The maximum Gasteiger partial charge on any atom is 0.0670 e. The zero-order chi connectivity index (χ0) is 13.3. The Morgan fingerprint density at radius 3 is 2.18 bits per heavy atom. The highest BCUT2D eigenvalue weighted by Gasteiger charge is 2.42. The number of aliphatic hydroxyl groups is 1. The Morgan fingerprint density at radius 1 is 1.06 bits per heavy atom. The van der Waals surface area contributed by atoms with Crippen LogP contribution in [0.25, 0.3) is 0 Å². The van der Waals surface area contributed by atoms with Crippen molar-refractivity contribution in [3.8, 4) is 0 Å². The van der Waals surface area contributed by atoms with Gasteiger partial charge in [0.2, 0.25) is 0 Å². The van der Waals surface area contributed by atoms with Crippen LogP contribution >= 0.6 is 0 Å². The molecule has 3 atom stereocenters. The second-order valence-electron chi connectivity index (χ2n) is 7.46. The average Bonchev–Trinajstić information content (AvgIpc) is 2.26. The molecule has 0 aromatic rings. The van der Waals surface area contributed by atoms with Crippen LogP contribution < -0.4 is 0 Å². The van der Waals surface area contributed by atoms with Gasteiger partial charge in [-0.05, 0) is 42.9 Å². The van der Waals surface area contributed by atoms with Crippen LogP contribution in [0.5, 0.6) is 0 Å². The first-order chi connectivity index (χ1) is 7.65. The van der Waals surface area contributed by atoms with Crippen molar-refractivity contribution in [1.82, 2.24) is 0 Å². The van der Waals surface area contributed by atoms with Crippen LogP contribution in [0.15, 0.2) is 0 Å². The highest BCUT2D eigenvalue weighted by Crippen LogP contribution is 2.47. The average molecular weight is 240 g/mol. The third-order valence-corrected chi connectivity index (χ3v) is 6.08. The van der Waals surface area contributed by atoms with Gasteiger partial charge in [0, 0.05) is 0 Å². The molecule has 0 heterocycles. The molecule has 1 fully saturated rings. The molecule has 0 amide bonds. The van der Waals surface area contributed by atoms with E-state index in [1.54, 1.807) is 0 Å². The van der Waals surface area contributed by atoms with E-state index in [-0.39, 0.29) is 5.41 Å². The Balaban J connectivity index is 2.91. The van der Waals surface area contributed by atoms with Crippen molar-refractivity contribution >= 4 is 0 Å². The molecule has 0 radical (unpaired) electrons. The Morgan fingerprint density at radius 2 is 1.65 bits per heavy atom. The molecular formula is C16H32O. The molecule has 0 bridgehead atoms. The highest BCUT2D eigenvalue weighted by atomic mass is 16.3. The van der Waals surface area contributed by atoms with Gasteiger partial charge >= 0.3 is 0 Å². The topological polar surface area (TPSA) is 20.2 Å². The number of hydrogen-bond donors (Lipinski definition) is 1. The summed E-state index contributed by atoms with van der Waals surface area (Å²) in [6, 6.07) is 0. The van der Waals surface area contributed by atoms with Crippen molar-refractivity contribution in [2.45, 2.75) is 85.7 Å². The molecule has 102 valence electrons. The maximum absolute atomic E-state index is 10.7. The van der Waals surface area contributed by atoms with Crippen LogP contribution in [0, 0.1) is 16.7 Å². The van der Waals surface area contributed by atoms with Gasteiger partial charge in [-0.1, -0.05) is 53.9 Å². The lowest BCUT2D eigenvalue weighted by Crippen LogP contribution is -2.42. The van der Waals surface area contributed by atoms with Crippen LogP contribution in [-0.2, 0) is 0 Å². The summed E-state index contributed by atoms with van der Waals surface area (Å²) in [5.41, 5.74) is -0.0659. The third-order valence-electron chi connectivity index (χ3n) is 6.08. The van der Waals surface area contributed by atoms with E-state index in [0.29, 0.717) is 5.41 Å².